The molecule has 4 heteroatoms. The normalized spacial score (nSPS) is 16.2. The molecule has 1 unspecified atom stereocenters. The van der Waals surface area contributed by atoms with E-state index in [0.29, 0.717) is 6.42 Å². The summed E-state index contributed by atoms with van der Waals surface area (Å²) < 4.78 is 5.29. The molecule has 4 nitrogen and oxygen atoms in total. The molecule has 82 valence electrons. The SMILES string of the molecule is COc1nc(CC(C)N)nc2c1CCC2. The second-order valence-electron chi connectivity index (χ2n) is 4.11. The van der Waals surface area contributed by atoms with Gasteiger partial charge in [0.05, 0.1) is 12.8 Å². The maximum Gasteiger partial charge on any atom is 0.219 e. The van der Waals surface area contributed by atoms with Crippen LogP contribution in [0.1, 0.15) is 30.4 Å². The summed E-state index contributed by atoms with van der Waals surface area (Å²) in [5, 5.41) is 0. The van der Waals surface area contributed by atoms with E-state index in [4.69, 9.17) is 10.5 Å². The number of aryl methyl sites for hydroxylation is 1. The molecule has 15 heavy (non-hydrogen) atoms. The monoisotopic (exact) mass is 207 g/mol. The average Bonchev–Trinajstić information content (AvgIpc) is 2.63. The second-order valence-corrected chi connectivity index (χ2v) is 4.11. The molecule has 0 fully saturated rings. The smallest absolute Gasteiger partial charge is 0.219 e. The molecule has 1 aliphatic rings. The van der Waals surface area contributed by atoms with Crippen molar-refractivity contribution in [1.29, 1.82) is 0 Å². The average molecular weight is 207 g/mol. The minimum absolute atomic E-state index is 0.0918. The van der Waals surface area contributed by atoms with Gasteiger partial charge >= 0.3 is 0 Å². The van der Waals surface area contributed by atoms with Gasteiger partial charge in [-0.2, -0.15) is 4.98 Å². The highest BCUT2D eigenvalue weighted by Crippen LogP contribution is 2.27. The van der Waals surface area contributed by atoms with Crippen molar-refractivity contribution in [2.75, 3.05) is 7.11 Å². The Morgan fingerprint density at radius 3 is 2.87 bits per heavy atom. The van der Waals surface area contributed by atoms with Crippen molar-refractivity contribution in [3.8, 4) is 5.88 Å². The number of nitrogens with zero attached hydrogens (tertiary/aromatic N) is 2. The summed E-state index contributed by atoms with van der Waals surface area (Å²) in [6.45, 7) is 1.96. The van der Waals surface area contributed by atoms with Crippen molar-refractivity contribution in [1.82, 2.24) is 9.97 Å². The molecule has 0 bridgehead atoms. The van der Waals surface area contributed by atoms with Crippen molar-refractivity contribution < 1.29 is 4.74 Å². The molecular formula is C11H17N3O. The Hall–Kier alpha value is -1.16. The van der Waals surface area contributed by atoms with Crippen LogP contribution in [0.2, 0.25) is 0 Å². The van der Waals surface area contributed by atoms with Gasteiger partial charge < -0.3 is 10.5 Å². The van der Waals surface area contributed by atoms with Gasteiger partial charge in [0.15, 0.2) is 0 Å². The first-order chi connectivity index (χ1) is 7.20. The fourth-order valence-electron chi connectivity index (χ4n) is 2.00. The summed E-state index contributed by atoms with van der Waals surface area (Å²) in [7, 11) is 1.66. The molecule has 0 saturated carbocycles. The number of hydrogen-bond acceptors (Lipinski definition) is 4. The van der Waals surface area contributed by atoms with Crippen LogP contribution in [0.5, 0.6) is 5.88 Å². The fourth-order valence-corrected chi connectivity index (χ4v) is 2.00. The predicted molar refractivity (Wildman–Crippen MR) is 58.0 cm³/mol. The molecule has 0 amide bonds. The molecule has 2 N–H and O–H groups in total. The third kappa shape index (κ3) is 2.09. The first kappa shape index (κ1) is 10.4. The summed E-state index contributed by atoms with van der Waals surface area (Å²) in [6, 6.07) is 0.0918. The first-order valence-corrected chi connectivity index (χ1v) is 5.39. The Morgan fingerprint density at radius 1 is 1.40 bits per heavy atom. The van der Waals surface area contributed by atoms with Gasteiger partial charge in [0.25, 0.3) is 0 Å². The fraction of sp³-hybridized carbons (Fsp3) is 0.636. The van der Waals surface area contributed by atoms with Crippen LogP contribution in [0.3, 0.4) is 0 Å². The van der Waals surface area contributed by atoms with Crippen LogP contribution >= 0.6 is 0 Å². The van der Waals surface area contributed by atoms with Crippen molar-refractivity contribution in [3.05, 3.63) is 17.1 Å². The van der Waals surface area contributed by atoms with E-state index in [1.54, 1.807) is 7.11 Å². The van der Waals surface area contributed by atoms with E-state index in [0.717, 1.165) is 36.7 Å². The van der Waals surface area contributed by atoms with E-state index in [2.05, 4.69) is 9.97 Å². The van der Waals surface area contributed by atoms with Crippen LogP contribution in [0.25, 0.3) is 0 Å². The molecule has 1 atom stereocenters. The molecule has 0 aliphatic heterocycles. The third-order valence-electron chi connectivity index (χ3n) is 2.64. The maximum absolute atomic E-state index is 5.74. The van der Waals surface area contributed by atoms with E-state index in [-0.39, 0.29) is 6.04 Å². The lowest BCUT2D eigenvalue weighted by Crippen LogP contribution is -2.20. The van der Waals surface area contributed by atoms with Crippen LogP contribution in [0.4, 0.5) is 0 Å². The lowest BCUT2D eigenvalue weighted by Gasteiger charge is -2.09. The minimum Gasteiger partial charge on any atom is -0.481 e. The molecule has 1 aromatic rings. The molecule has 1 aliphatic carbocycles. The van der Waals surface area contributed by atoms with E-state index in [9.17, 15) is 0 Å². The second kappa shape index (κ2) is 4.14. The van der Waals surface area contributed by atoms with Crippen LogP contribution in [-0.2, 0) is 19.3 Å². The number of ether oxygens (including phenoxy) is 1. The number of hydrogen-bond donors (Lipinski definition) is 1. The summed E-state index contributed by atoms with van der Waals surface area (Å²) in [5.74, 6) is 1.55. The Kier molecular flexibility index (Phi) is 2.86. The van der Waals surface area contributed by atoms with Gasteiger partial charge in [0, 0.05) is 18.0 Å². The van der Waals surface area contributed by atoms with E-state index >= 15 is 0 Å². The van der Waals surface area contributed by atoms with Gasteiger partial charge in [-0.15, -0.1) is 0 Å². The summed E-state index contributed by atoms with van der Waals surface area (Å²) in [4.78, 5) is 8.92. The van der Waals surface area contributed by atoms with Crippen LogP contribution in [0, 0.1) is 0 Å². The van der Waals surface area contributed by atoms with Gasteiger partial charge in [-0.3, -0.25) is 0 Å². The number of fused-ring (bicyclic) bond motifs is 1. The van der Waals surface area contributed by atoms with Crippen LogP contribution in [-0.4, -0.2) is 23.1 Å². The lowest BCUT2D eigenvalue weighted by atomic mass is 10.2. The molecule has 2 rings (SSSR count). The third-order valence-corrected chi connectivity index (χ3v) is 2.64. The Bertz CT molecular complexity index is 363. The Labute approximate surface area is 89.9 Å². The summed E-state index contributed by atoms with van der Waals surface area (Å²) >= 11 is 0. The van der Waals surface area contributed by atoms with Gasteiger partial charge in [-0.05, 0) is 26.2 Å². The number of rotatable bonds is 3. The highest BCUT2D eigenvalue weighted by atomic mass is 16.5. The van der Waals surface area contributed by atoms with E-state index in [1.165, 1.54) is 5.56 Å². The van der Waals surface area contributed by atoms with Crippen molar-refractivity contribution in [2.45, 2.75) is 38.6 Å². The molecule has 1 heterocycles. The molecule has 0 saturated heterocycles. The van der Waals surface area contributed by atoms with E-state index in [1.807, 2.05) is 6.92 Å². The number of aromatic nitrogens is 2. The molecule has 0 spiro atoms. The van der Waals surface area contributed by atoms with Gasteiger partial charge in [0.1, 0.15) is 5.82 Å². The largest absolute Gasteiger partial charge is 0.481 e. The summed E-state index contributed by atoms with van der Waals surface area (Å²) in [5.41, 5.74) is 8.08. The molecular weight excluding hydrogens is 190 g/mol. The Morgan fingerprint density at radius 2 is 2.20 bits per heavy atom. The van der Waals surface area contributed by atoms with Crippen LogP contribution < -0.4 is 10.5 Å². The quantitative estimate of drug-likeness (QED) is 0.798. The zero-order valence-electron chi connectivity index (χ0n) is 9.29. The van der Waals surface area contributed by atoms with Crippen molar-refractivity contribution in [3.63, 3.8) is 0 Å². The Balaban J connectivity index is 2.34. The van der Waals surface area contributed by atoms with Crippen molar-refractivity contribution >= 4 is 0 Å². The zero-order chi connectivity index (χ0) is 10.8. The molecule has 1 aromatic heterocycles. The number of nitrogens with two attached hydrogens (primary N) is 1. The van der Waals surface area contributed by atoms with Gasteiger partial charge in [0.2, 0.25) is 5.88 Å². The van der Waals surface area contributed by atoms with Crippen molar-refractivity contribution in [2.24, 2.45) is 5.73 Å². The maximum atomic E-state index is 5.74. The first-order valence-electron chi connectivity index (χ1n) is 5.39. The standard InChI is InChI=1S/C11H17N3O/c1-7(12)6-10-13-9-5-3-4-8(9)11(14-10)15-2/h7H,3-6,12H2,1-2H3. The van der Waals surface area contributed by atoms with Crippen LogP contribution in [0.15, 0.2) is 0 Å². The number of methoxy groups -OCH3 is 1. The molecule has 0 aromatic carbocycles. The topological polar surface area (TPSA) is 61.0 Å². The lowest BCUT2D eigenvalue weighted by molar-refractivity contribution is 0.389. The highest BCUT2D eigenvalue weighted by Gasteiger charge is 2.19. The molecule has 0 radical (unpaired) electrons. The predicted octanol–water partition coefficient (Wildman–Crippen LogP) is 0.864. The van der Waals surface area contributed by atoms with Gasteiger partial charge in [-0.25, -0.2) is 4.98 Å². The highest BCUT2D eigenvalue weighted by molar-refractivity contribution is 5.34. The zero-order valence-corrected chi connectivity index (χ0v) is 9.29. The van der Waals surface area contributed by atoms with Gasteiger partial charge in [-0.1, -0.05) is 0 Å². The van der Waals surface area contributed by atoms with E-state index < -0.39 is 0 Å². The summed E-state index contributed by atoms with van der Waals surface area (Å²) in [6.07, 6.45) is 3.95. The minimum atomic E-state index is 0.0918.